The molecule has 0 saturated carbocycles. The van der Waals surface area contributed by atoms with Crippen LogP contribution in [-0.4, -0.2) is 24.2 Å². The van der Waals surface area contributed by atoms with Crippen LogP contribution >= 0.6 is 11.8 Å². The Labute approximate surface area is 101 Å². The molecule has 0 saturated heterocycles. The zero-order chi connectivity index (χ0) is 11.4. The molecule has 2 rings (SSSR count). The second kappa shape index (κ2) is 5.27. The maximum absolute atomic E-state index is 8.68. The van der Waals surface area contributed by atoms with Crippen LogP contribution in [0.15, 0.2) is 23.1 Å². The Bertz CT molecular complexity index is 409. The first-order chi connectivity index (χ1) is 7.79. The van der Waals surface area contributed by atoms with Crippen molar-refractivity contribution in [2.24, 2.45) is 0 Å². The Kier molecular flexibility index (Phi) is 3.74. The predicted octanol–water partition coefficient (Wildman–Crippen LogP) is 2.68. The first-order valence-electron chi connectivity index (χ1n) is 5.65. The summed E-state index contributed by atoms with van der Waals surface area (Å²) in [5, 5.41) is 8.68. The van der Waals surface area contributed by atoms with Crippen LogP contribution in [0.3, 0.4) is 0 Å². The van der Waals surface area contributed by atoms with Crippen LogP contribution in [-0.2, 0) is 12.8 Å². The molecule has 1 aromatic rings. The lowest BCUT2D eigenvalue weighted by molar-refractivity contribution is 0.478. The van der Waals surface area contributed by atoms with Crippen molar-refractivity contribution in [3.8, 4) is 6.19 Å². The summed E-state index contributed by atoms with van der Waals surface area (Å²) < 4.78 is 0. The lowest BCUT2D eigenvalue weighted by atomic mass is 10.0. The molecule has 0 N–H and O–H groups in total. The minimum Gasteiger partial charge on any atom is -0.313 e. The van der Waals surface area contributed by atoms with Crippen molar-refractivity contribution in [2.45, 2.75) is 24.2 Å². The summed E-state index contributed by atoms with van der Waals surface area (Å²) in [4.78, 5) is 3.12. The molecule has 0 fully saturated rings. The second-order valence-electron chi connectivity index (χ2n) is 4.17. The van der Waals surface area contributed by atoms with E-state index in [1.165, 1.54) is 34.6 Å². The van der Waals surface area contributed by atoms with E-state index in [1.54, 1.807) is 4.90 Å². The molecule has 16 heavy (non-hydrogen) atoms. The van der Waals surface area contributed by atoms with Crippen LogP contribution < -0.4 is 0 Å². The van der Waals surface area contributed by atoms with E-state index in [9.17, 15) is 0 Å². The average Bonchev–Trinajstić information content (AvgIpc) is 2.35. The third kappa shape index (κ3) is 2.70. The molecule has 1 heterocycles. The van der Waals surface area contributed by atoms with Crippen LogP contribution in [0.5, 0.6) is 0 Å². The normalized spacial score (nSPS) is 14.0. The van der Waals surface area contributed by atoms with Crippen LogP contribution in [0.4, 0.5) is 0 Å². The molecule has 0 aromatic heterocycles. The highest BCUT2D eigenvalue weighted by molar-refractivity contribution is 7.99. The number of benzene rings is 1. The fourth-order valence-electron chi connectivity index (χ4n) is 1.92. The molecule has 1 aliphatic heterocycles. The molecule has 1 aromatic carbocycles. The summed E-state index contributed by atoms with van der Waals surface area (Å²) >= 11 is 1.96. The fourth-order valence-corrected chi connectivity index (χ4v) is 2.94. The van der Waals surface area contributed by atoms with Gasteiger partial charge in [0.25, 0.3) is 0 Å². The number of hydrogen-bond donors (Lipinski definition) is 0. The molecule has 0 unspecified atom stereocenters. The minimum absolute atomic E-state index is 0.808. The number of hydrogen-bond acceptors (Lipinski definition) is 3. The Balaban J connectivity index is 2.03. The summed E-state index contributed by atoms with van der Waals surface area (Å²) in [6.45, 7) is 0.808. The van der Waals surface area contributed by atoms with Gasteiger partial charge in [-0.1, -0.05) is 12.1 Å². The minimum atomic E-state index is 0.808. The Hall–Kier alpha value is -1.14. The Morgan fingerprint density at radius 2 is 2.38 bits per heavy atom. The monoisotopic (exact) mass is 232 g/mol. The van der Waals surface area contributed by atoms with Crippen molar-refractivity contribution >= 4 is 11.8 Å². The summed E-state index contributed by atoms with van der Waals surface area (Å²) in [7, 11) is 1.83. The number of nitriles is 1. The van der Waals surface area contributed by atoms with Gasteiger partial charge in [-0.3, -0.25) is 0 Å². The number of thioether (sulfide) groups is 1. The van der Waals surface area contributed by atoms with Gasteiger partial charge in [0, 0.05) is 18.5 Å². The third-order valence-corrected chi connectivity index (χ3v) is 4.08. The molecule has 0 amide bonds. The first-order valence-corrected chi connectivity index (χ1v) is 6.63. The number of rotatable bonds is 3. The van der Waals surface area contributed by atoms with Gasteiger partial charge in [0.05, 0.1) is 0 Å². The summed E-state index contributed by atoms with van der Waals surface area (Å²) in [6.07, 6.45) is 5.59. The highest BCUT2D eigenvalue weighted by Crippen LogP contribution is 2.30. The number of nitrogens with zero attached hydrogens (tertiary/aromatic N) is 2. The van der Waals surface area contributed by atoms with Gasteiger partial charge in [-0.15, -0.1) is 11.8 Å². The van der Waals surface area contributed by atoms with Gasteiger partial charge in [0.1, 0.15) is 0 Å². The smallest absolute Gasteiger partial charge is 0.179 e. The lowest BCUT2D eigenvalue weighted by Gasteiger charge is -2.16. The van der Waals surface area contributed by atoms with Crippen molar-refractivity contribution < 1.29 is 0 Å². The van der Waals surface area contributed by atoms with Gasteiger partial charge in [0.2, 0.25) is 0 Å². The number of aryl methyl sites for hydroxylation is 1. The van der Waals surface area contributed by atoms with Crippen LogP contribution in [0.25, 0.3) is 0 Å². The molecule has 84 valence electrons. The quantitative estimate of drug-likeness (QED) is 0.592. The standard InChI is InChI=1S/C13H16N2S/c1-15(10-14)7-6-11-4-5-13-12(9-11)3-2-8-16-13/h4-5,9H,2-3,6-8H2,1H3. The molecule has 0 atom stereocenters. The van der Waals surface area contributed by atoms with Gasteiger partial charge in [-0.25, -0.2) is 0 Å². The average molecular weight is 232 g/mol. The van der Waals surface area contributed by atoms with Crippen molar-refractivity contribution in [3.05, 3.63) is 29.3 Å². The van der Waals surface area contributed by atoms with E-state index in [1.807, 2.05) is 18.8 Å². The number of likely N-dealkylation sites (N-methyl/N-ethyl adjacent to an activating group) is 1. The van der Waals surface area contributed by atoms with Gasteiger partial charge < -0.3 is 4.90 Å². The van der Waals surface area contributed by atoms with E-state index in [4.69, 9.17) is 5.26 Å². The van der Waals surface area contributed by atoms with Gasteiger partial charge in [-0.05, 0) is 42.2 Å². The zero-order valence-electron chi connectivity index (χ0n) is 9.57. The highest BCUT2D eigenvalue weighted by atomic mass is 32.2. The fraction of sp³-hybridized carbons (Fsp3) is 0.462. The molecule has 0 spiro atoms. The van der Waals surface area contributed by atoms with Crippen molar-refractivity contribution in [2.75, 3.05) is 19.3 Å². The van der Waals surface area contributed by atoms with Crippen molar-refractivity contribution in [3.63, 3.8) is 0 Å². The summed E-state index contributed by atoms with van der Waals surface area (Å²) in [5.41, 5.74) is 2.84. The first kappa shape index (κ1) is 11.3. The maximum Gasteiger partial charge on any atom is 0.179 e. The molecule has 0 radical (unpaired) electrons. The predicted molar refractivity (Wildman–Crippen MR) is 67.4 cm³/mol. The van der Waals surface area contributed by atoms with Gasteiger partial charge in [0.15, 0.2) is 6.19 Å². The molecule has 3 heteroatoms. The van der Waals surface area contributed by atoms with Crippen LogP contribution in [0.2, 0.25) is 0 Å². The van der Waals surface area contributed by atoms with E-state index < -0.39 is 0 Å². The van der Waals surface area contributed by atoms with E-state index in [0.717, 1.165) is 13.0 Å². The van der Waals surface area contributed by atoms with E-state index in [0.29, 0.717) is 0 Å². The maximum atomic E-state index is 8.68. The molecule has 1 aliphatic rings. The third-order valence-electron chi connectivity index (χ3n) is 2.88. The molecular formula is C13H16N2S. The van der Waals surface area contributed by atoms with E-state index in [2.05, 4.69) is 24.4 Å². The molecule has 2 nitrogen and oxygen atoms in total. The molecular weight excluding hydrogens is 216 g/mol. The molecule has 0 bridgehead atoms. The summed E-state index contributed by atoms with van der Waals surface area (Å²) in [5.74, 6) is 1.25. The SMILES string of the molecule is CN(C#N)CCc1ccc2c(c1)CCCS2. The highest BCUT2D eigenvalue weighted by Gasteiger charge is 2.09. The van der Waals surface area contributed by atoms with E-state index >= 15 is 0 Å². The van der Waals surface area contributed by atoms with Crippen molar-refractivity contribution in [1.29, 1.82) is 5.26 Å². The lowest BCUT2D eigenvalue weighted by Crippen LogP contribution is -2.14. The van der Waals surface area contributed by atoms with Gasteiger partial charge >= 0.3 is 0 Å². The number of fused-ring (bicyclic) bond motifs is 1. The molecule has 0 aliphatic carbocycles. The Morgan fingerprint density at radius 3 is 3.19 bits per heavy atom. The van der Waals surface area contributed by atoms with Crippen LogP contribution in [0, 0.1) is 11.5 Å². The zero-order valence-corrected chi connectivity index (χ0v) is 10.4. The topological polar surface area (TPSA) is 27.0 Å². The largest absolute Gasteiger partial charge is 0.313 e. The second-order valence-corrected chi connectivity index (χ2v) is 5.30. The summed E-state index contributed by atoms with van der Waals surface area (Å²) in [6, 6.07) is 6.75. The Morgan fingerprint density at radius 1 is 1.50 bits per heavy atom. The van der Waals surface area contributed by atoms with E-state index in [-0.39, 0.29) is 0 Å². The van der Waals surface area contributed by atoms with Gasteiger partial charge in [-0.2, -0.15) is 5.26 Å². The van der Waals surface area contributed by atoms with Crippen molar-refractivity contribution in [1.82, 2.24) is 4.90 Å². The van der Waals surface area contributed by atoms with Crippen LogP contribution in [0.1, 0.15) is 17.5 Å².